The normalized spacial score (nSPS) is 11.8. The number of sulfonamides is 1. The van der Waals surface area contributed by atoms with E-state index in [1.807, 2.05) is 31.2 Å². The predicted molar refractivity (Wildman–Crippen MR) is 116 cm³/mol. The molecule has 1 amide bonds. The topological polar surface area (TPSA) is 88.1 Å². The van der Waals surface area contributed by atoms with Gasteiger partial charge in [0.05, 0.1) is 24.3 Å². The third-order valence-corrected chi connectivity index (χ3v) is 5.41. The molecule has 2 rings (SSSR count). The molecule has 0 fully saturated rings. The minimum absolute atomic E-state index is 0.388. The van der Waals surface area contributed by atoms with Gasteiger partial charge in [-0.3, -0.25) is 9.10 Å². The molecule has 1 N–H and O–H groups in total. The van der Waals surface area contributed by atoms with E-state index in [1.165, 1.54) is 0 Å². The van der Waals surface area contributed by atoms with Crippen LogP contribution >= 0.6 is 11.6 Å². The first-order chi connectivity index (χ1) is 13.6. The molecule has 0 bridgehead atoms. The van der Waals surface area contributed by atoms with Crippen LogP contribution in [0.4, 0.5) is 5.69 Å². The number of hydrogen-bond acceptors (Lipinski definition) is 5. The van der Waals surface area contributed by atoms with Crippen molar-refractivity contribution in [3.05, 3.63) is 58.6 Å². The van der Waals surface area contributed by atoms with Gasteiger partial charge >= 0.3 is 0 Å². The van der Waals surface area contributed by atoms with Gasteiger partial charge in [-0.05, 0) is 74.4 Å². The lowest BCUT2D eigenvalue weighted by Crippen LogP contribution is -2.39. The van der Waals surface area contributed by atoms with E-state index in [2.05, 4.69) is 10.5 Å². The molecule has 0 aliphatic carbocycles. The van der Waals surface area contributed by atoms with Crippen LogP contribution in [-0.4, -0.2) is 39.4 Å². The predicted octanol–water partition coefficient (Wildman–Crippen LogP) is 3.35. The fourth-order valence-electron chi connectivity index (χ4n) is 2.62. The number of hydrogen-bond donors (Lipinski definition) is 1. The van der Waals surface area contributed by atoms with Crippen molar-refractivity contribution in [2.45, 2.75) is 20.8 Å². The molecule has 7 nitrogen and oxygen atoms in total. The number of anilines is 1. The summed E-state index contributed by atoms with van der Waals surface area (Å²) in [5, 5.41) is 4.55. The summed E-state index contributed by atoms with van der Waals surface area (Å²) in [6.45, 7) is 5.55. The highest BCUT2D eigenvalue weighted by molar-refractivity contribution is 7.92. The third-order valence-electron chi connectivity index (χ3n) is 4.05. The Morgan fingerprint density at radius 3 is 2.41 bits per heavy atom. The average Bonchev–Trinajstić information content (AvgIpc) is 2.65. The zero-order valence-electron chi connectivity index (χ0n) is 16.8. The molecule has 29 heavy (non-hydrogen) atoms. The Kier molecular flexibility index (Phi) is 7.64. The molecule has 2 aromatic rings. The quantitative estimate of drug-likeness (QED) is 0.506. The third kappa shape index (κ3) is 6.47. The van der Waals surface area contributed by atoms with Gasteiger partial charge in [0.1, 0.15) is 12.3 Å². The molecule has 0 aromatic heterocycles. The highest BCUT2D eigenvalue weighted by Gasteiger charge is 2.22. The summed E-state index contributed by atoms with van der Waals surface area (Å²) in [5.41, 5.74) is 4.83. The van der Waals surface area contributed by atoms with Crippen LogP contribution in [0.5, 0.6) is 5.75 Å². The first-order valence-electron chi connectivity index (χ1n) is 8.92. The summed E-state index contributed by atoms with van der Waals surface area (Å²) in [5.74, 6) is 0.185. The van der Waals surface area contributed by atoms with Gasteiger partial charge in [-0.1, -0.05) is 11.6 Å². The van der Waals surface area contributed by atoms with E-state index < -0.39 is 22.5 Å². The van der Waals surface area contributed by atoms with Crippen molar-refractivity contribution in [1.82, 2.24) is 5.43 Å². The monoisotopic (exact) mass is 437 g/mol. The number of rotatable bonds is 8. The number of ether oxygens (including phenoxy) is 1. The number of carbonyl (C=O) groups excluding carboxylic acids is 1. The summed E-state index contributed by atoms with van der Waals surface area (Å²) in [6.07, 6.45) is 1.04. The standard InChI is InChI=1S/C20H24ClN3O4S/c1-5-28-18-9-6-16(7-10-18)15(3)22-23-20(25)13-24(29(4,26)27)19-11-8-17(21)12-14(19)2/h6-12H,5,13H2,1-4H3,(H,23,25)/b22-15-. The highest BCUT2D eigenvalue weighted by atomic mass is 35.5. The number of amides is 1. The van der Waals surface area contributed by atoms with Gasteiger partial charge in [0.15, 0.2) is 0 Å². The van der Waals surface area contributed by atoms with E-state index in [4.69, 9.17) is 16.3 Å². The van der Waals surface area contributed by atoms with E-state index in [1.54, 1.807) is 32.0 Å². The van der Waals surface area contributed by atoms with Crippen molar-refractivity contribution in [3.8, 4) is 5.75 Å². The fourth-order valence-corrected chi connectivity index (χ4v) is 3.76. The van der Waals surface area contributed by atoms with E-state index in [9.17, 15) is 13.2 Å². The Labute approximate surface area is 176 Å². The molecular weight excluding hydrogens is 414 g/mol. The maximum atomic E-state index is 12.4. The molecule has 2 aromatic carbocycles. The van der Waals surface area contributed by atoms with E-state index in [-0.39, 0.29) is 0 Å². The Hall–Kier alpha value is -2.58. The molecule has 0 aliphatic rings. The molecule has 156 valence electrons. The van der Waals surface area contributed by atoms with Crippen molar-refractivity contribution in [3.63, 3.8) is 0 Å². The second-order valence-corrected chi connectivity index (χ2v) is 8.73. The highest BCUT2D eigenvalue weighted by Crippen LogP contribution is 2.25. The lowest BCUT2D eigenvalue weighted by molar-refractivity contribution is -0.119. The molecule has 9 heteroatoms. The van der Waals surface area contributed by atoms with E-state index in [0.29, 0.717) is 28.6 Å². The first kappa shape index (κ1) is 22.7. The summed E-state index contributed by atoms with van der Waals surface area (Å²) >= 11 is 5.94. The Morgan fingerprint density at radius 1 is 1.21 bits per heavy atom. The summed E-state index contributed by atoms with van der Waals surface area (Å²) < 4.78 is 30.8. The number of nitrogens with zero attached hydrogens (tertiary/aromatic N) is 2. The zero-order valence-corrected chi connectivity index (χ0v) is 18.3. The van der Waals surface area contributed by atoms with Gasteiger partial charge < -0.3 is 4.74 Å². The van der Waals surface area contributed by atoms with Crippen LogP contribution in [0, 0.1) is 6.92 Å². The van der Waals surface area contributed by atoms with Gasteiger partial charge in [-0.15, -0.1) is 0 Å². The van der Waals surface area contributed by atoms with Crippen molar-refractivity contribution in [2.24, 2.45) is 5.10 Å². The molecule has 0 saturated carbocycles. The molecule has 0 heterocycles. The molecule has 0 spiro atoms. The van der Waals surface area contributed by atoms with Crippen LogP contribution in [0.1, 0.15) is 25.0 Å². The SMILES string of the molecule is CCOc1ccc(/C(C)=N\NC(=O)CN(c2ccc(Cl)cc2C)S(C)(=O)=O)cc1. The molecule has 0 atom stereocenters. The van der Waals surface area contributed by atoms with E-state index >= 15 is 0 Å². The van der Waals surface area contributed by atoms with Gasteiger partial charge in [0, 0.05) is 5.02 Å². The zero-order chi connectivity index (χ0) is 21.6. The van der Waals surface area contributed by atoms with Crippen molar-refractivity contribution >= 4 is 38.9 Å². The second-order valence-electron chi connectivity index (χ2n) is 6.39. The Balaban J connectivity index is 2.12. The largest absolute Gasteiger partial charge is 0.494 e. The molecule has 0 unspecified atom stereocenters. The fraction of sp³-hybridized carbons (Fsp3) is 0.300. The van der Waals surface area contributed by atoms with Crippen molar-refractivity contribution in [2.75, 3.05) is 23.7 Å². The number of hydrazone groups is 1. The van der Waals surface area contributed by atoms with Gasteiger partial charge in [-0.25, -0.2) is 13.8 Å². The van der Waals surface area contributed by atoms with Crippen LogP contribution in [0.15, 0.2) is 47.6 Å². The number of nitrogens with one attached hydrogen (secondary N) is 1. The number of carbonyl (C=O) groups is 1. The van der Waals surface area contributed by atoms with Crippen LogP contribution in [0.2, 0.25) is 5.02 Å². The molecule has 0 saturated heterocycles. The van der Waals surface area contributed by atoms with Crippen LogP contribution in [0.25, 0.3) is 0 Å². The molecule has 0 aliphatic heterocycles. The molecular formula is C20H24ClN3O4S. The van der Waals surface area contributed by atoms with Crippen LogP contribution < -0.4 is 14.5 Å². The number of benzene rings is 2. The minimum atomic E-state index is -3.68. The Morgan fingerprint density at radius 2 is 1.86 bits per heavy atom. The number of halogens is 1. The van der Waals surface area contributed by atoms with Crippen molar-refractivity contribution < 1.29 is 17.9 Å². The van der Waals surface area contributed by atoms with Gasteiger partial charge in [-0.2, -0.15) is 5.10 Å². The van der Waals surface area contributed by atoms with Crippen LogP contribution in [0.3, 0.4) is 0 Å². The first-order valence-corrected chi connectivity index (χ1v) is 11.1. The second kappa shape index (κ2) is 9.76. The van der Waals surface area contributed by atoms with E-state index in [0.717, 1.165) is 21.9 Å². The lowest BCUT2D eigenvalue weighted by Gasteiger charge is -2.23. The molecule has 0 radical (unpaired) electrons. The maximum absolute atomic E-state index is 12.4. The summed E-state index contributed by atoms with van der Waals surface area (Å²) in [7, 11) is -3.68. The Bertz CT molecular complexity index is 1000. The van der Waals surface area contributed by atoms with Gasteiger partial charge in [0.25, 0.3) is 5.91 Å². The minimum Gasteiger partial charge on any atom is -0.494 e. The smallest absolute Gasteiger partial charge is 0.260 e. The maximum Gasteiger partial charge on any atom is 0.260 e. The number of aryl methyl sites for hydroxylation is 1. The summed E-state index contributed by atoms with van der Waals surface area (Å²) in [6, 6.07) is 12.1. The lowest BCUT2D eigenvalue weighted by atomic mass is 10.1. The van der Waals surface area contributed by atoms with Gasteiger partial charge in [0.2, 0.25) is 10.0 Å². The van der Waals surface area contributed by atoms with Crippen LogP contribution in [-0.2, 0) is 14.8 Å². The average molecular weight is 438 g/mol. The van der Waals surface area contributed by atoms with Crippen molar-refractivity contribution in [1.29, 1.82) is 0 Å². The summed E-state index contributed by atoms with van der Waals surface area (Å²) in [4.78, 5) is 12.4.